The lowest BCUT2D eigenvalue weighted by molar-refractivity contribution is -0.175. The molecule has 21 heavy (non-hydrogen) atoms. The second-order valence-corrected chi connectivity index (χ2v) is 5.34. The van der Waals surface area contributed by atoms with E-state index >= 15 is 0 Å². The summed E-state index contributed by atoms with van der Waals surface area (Å²) in [4.78, 5) is 24.9. The molecule has 0 amide bonds. The zero-order valence-corrected chi connectivity index (χ0v) is 12.1. The summed E-state index contributed by atoms with van der Waals surface area (Å²) in [5, 5.41) is 0. The number of cyclic esters (lactones) is 1. The van der Waals surface area contributed by atoms with Crippen LogP contribution in [0.25, 0.3) is 6.08 Å². The van der Waals surface area contributed by atoms with Gasteiger partial charge in [-0.25, -0.2) is 4.79 Å². The Balaban J connectivity index is 2.28. The fourth-order valence-corrected chi connectivity index (χ4v) is 2.98. The van der Waals surface area contributed by atoms with Gasteiger partial charge in [0, 0.05) is 17.8 Å². The van der Waals surface area contributed by atoms with E-state index in [2.05, 4.69) is 6.58 Å². The first kappa shape index (κ1) is 13.7. The summed E-state index contributed by atoms with van der Waals surface area (Å²) < 4.78 is 12.6. The number of carbonyl (C=O) groups excluding carboxylic acids is 1. The molecule has 1 atom stereocenters. The molecule has 0 N–H and O–H groups in total. The average molecular weight is 287 g/mol. The van der Waals surface area contributed by atoms with Crippen molar-refractivity contribution in [2.24, 2.45) is 0 Å². The van der Waals surface area contributed by atoms with Crippen LogP contribution in [-0.4, -0.2) is 10.5 Å². The Morgan fingerprint density at radius 3 is 2.95 bits per heavy atom. The standard InChI is InChI=1S/C16H17NO4/c1-4-16(21-10(2)3)13-8-11-6-5-7-17(11)14(18)12(13)9-20-15(16)19/h5-6,8H,2,4,7,9H2,1,3H3/t16-/m0/s1. The molecule has 5 heteroatoms. The minimum absolute atomic E-state index is 0.00538. The molecule has 110 valence electrons. The lowest BCUT2D eigenvalue weighted by atomic mass is 9.85. The van der Waals surface area contributed by atoms with Crippen LogP contribution in [0.15, 0.2) is 29.3 Å². The third kappa shape index (κ3) is 1.84. The van der Waals surface area contributed by atoms with E-state index in [1.54, 1.807) is 11.5 Å². The summed E-state index contributed by atoms with van der Waals surface area (Å²) in [5.41, 5.74) is 0.488. The second-order valence-electron chi connectivity index (χ2n) is 5.34. The van der Waals surface area contributed by atoms with Gasteiger partial charge in [-0.15, -0.1) is 0 Å². The van der Waals surface area contributed by atoms with Crippen molar-refractivity contribution in [2.45, 2.75) is 39.0 Å². The molecule has 0 fully saturated rings. The zero-order chi connectivity index (χ0) is 15.2. The molecule has 3 rings (SSSR count). The first-order valence-electron chi connectivity index (χ1n) is 6.95. The van der Waals surface area contributed by atoms with Crippen LogP contribution in [0, 0.1) is 0 Å². The molecule has 0 bridgehead atoms. The van der Waals surface area contributed by atoms with E-state index in [9.17, 15) is 9.59 Å². The third-order valence-electron chi connectivity index (χ3n) is 3.97. The SMILES string of the molecule is C=C(C)O[C@]1(CC)C(=O)OCc2c1cc1n(c2=O)CC=C1. The summed E-state index contributed by atoms with van der Waals surface area (Å²) in [6.07, 6.45) is 4.17. The molecular formula is C16H17NO4. The highest BCUT2D eigenvalue weighted by molar-refractivity contribution is 5.84. The highest BCUT2D eigenvalue weighted by Crippen LogP contribution is 2.38. The number of esters is 1. The van der Waals surface area contributed by atoms with Gasteiger partial charge in [-0.2, -0.15) is 0 Å². The van der Waals surface area contributed by atoms with Crippen LogP contribution in [0.2, 0.25) is 0 Å². The van der Waals surface area contributed by atoms with E-state index in [-0.39, 0.29) is 12.2 Å². The summed E-state index contributed by atoms with van der Waals surface area (Å²) in [6, 6.07) is 1.85. The lowest BCUT2D eigenvalue weighted by Crippen LogP contribution is -2.46. The first-order chi connectivity index (χ1) is 9.99. The van der Waals surface area contributed by atoms with Crippen LogP contribution >= 0.6 is 0 Å². The van der Waals surface area contributed by atoms with Gasteiger partial charge < -0.3 is 14.0 Å². The molecule has 5 nitrogen and oxygen atoms in total. The van der Waals surface area contributed by atoms with Gasteiger partial charge in [-0.3, -0.25) is 4.79 Å². The minimum atomic E-state index is -1.27. The van der Waals surface area contributed by atoms with Crippen molar-refractivity contribution >= 4 is 12.0 Å². The van der Waals surface area contributed by atoms with Crippen molar-refractivity contribution in [2.75, 3.05) is 0 Å². The summed E-state index contributed by atoms with van der Waals surface area (Å²) in [6.45, 7) is 7.78. The van der Waals surface area contributed by atoms with E-state index in [1.165, 1.54) is 0 Å². The number of fused-ring (bicyclic) bond motifs is 2. The quantitative estimate of drug-likeness (QED) is 0.631. The van der Waals surface area contributed by atoms with Gasteiger partial charge in [0.05, 0.1) is 11.3 Å². The fourth-order valence-electron chi connectivity index (χ4n) is 2.98. The predicted molar refractivity (Wildman–Crippen MR) is 77.4 cm³/mol. The number of carbonyl (C=O) groups is 1. The Labute approximate surface area is 122 Å². The molecule has 2 aliphatic heterocycles. The van der Waals surface area contributed by atoms with Crippen molar-refractivity contribution in [3.63, 3.8) is 0 Å². The largest absolute Gasteiger partial charge is 0.476 e. The number of allylic oxidation sites excluding steroid dienone is 2. The second kappa shape index (κ2) is 4.62. The van der Waals surface area contributed by atoms with Crippen molar-refractivity contribution in [3.05, 3.63) is 51.7 Å². The number of hydrogen-bond donors (Lipinski definition) is 0. The van der Waals surface area contributed by atoms with Crippen LogP contribution in [0.4, 0.5) is 0 Å². The maximum Gasteiger partial charge on any atom is 0.355 e. The molecule has 0 aliphatic carbocycles. The van der Waals surface area contributed by atoms with Gasteiger partial charge in [-0.1, -0.05) is 19.6 Å². The molecule has 0 aromatic carbocycles. The number of rotatable bonds is 3. The molecule has 0 saturated heterocycles. The monoisotopic (exact) mass is 287 g/mol. The zero-order valence-electron chi connectivity index (χ0n) is 12.1. The van der Waals surface area contributed by atoms with Crippen LogP contribution < -0.4 is 5.56 Å². The van der Waals surface area contributed by atoms with Crippen LogP contribution in [0.1, 0.15) is 37.1 Å². The van der Waals surface area contributed by atoms with E-state index < -0.39 is 11.6 Å². The lowest BCUT2D eigenvalue weighted by Gasteiger charge is -2.36. The molecule has 3 heterocycles. The highest BCUT2D eigenvalue weighted by Gasteiger charge is 2.48. The van der Waals surface area contributed by atoms with Crippen molar-refractivity contribution in [3.8, 4) is 0 Å². The van der Waals surface area contributed by atoms with Crippen molar-refractivity contribution in [1.82, 2.24) is 4.57 Å². The average Bonchev–Trinajstić information content (AvgIpc) is 2.91. The van der Waals surface area contributed by atoms with Gasteiger partial charge in [0.1, 0.15) is 6.61 Å². The Kier molecular flexibility index (Phi) is 3.01. The fraction of sp³-hybridized carbons (Fsp3) is 0.375. The maximum absolute atomic E-state index is 12.6. The molecular weight excluding hydrogens is 270 g/mol. The van der Waals surface area contributed by atoms with Gasteiger partial charge in [0.2, 0.25) is 5.60 Å². The Morgan fingerprint density at radius 2 is 2.29 bits per heavy atom. The van der Waals surface area contributed by atoms with Gasteiger partial charge in [0.25, 0.3) is 5.56 Å². The number of ether oxygens (including phenoxy) is 2. The van der Waals surface area contributed by atoms with Crippen molar-refractivity contribution < 1.29 is 14.3 Å². The smallest absolute Gasteiger partial charge is 0.355 e. The molecule has 0 unspecified atom stereocenters. The molecule has 1 aromatic heterocycles. The van der Waals surface area contributed by atoms with Gasteiger partial charge in [-0.05, 0) is 25.5 Å². The maximum atomic E-state index is 12.6. The van der Waals surface area contributed by atoms with Crippen LogP contribution in [-0.2, 0) is 33.0 Å². The molecule has 0 saturated carbocycles. The normalized spacial score (nSPS) is 22.5. The van der Waals surface area contributed by atoms with Gasteiger partial charge in [0.15, 0.2) is 0 Å². The number of aromatic nitrogens is 1. The summed E-state index contributed by atoms with van der Waals surface area (Å²) >= 11 is 0. The summed E-state index contributed by atoms with van der Waals surface area (Å²) in [5.74, 6) is -0.0513. The van der Waals surface area contributed by atoms with E-state index in [0.717, 1.165) is 5.69 Å². The number of nitrogens with zero attached hydrogens (tertiary/aromatic N) is 1. The summed E-state index contributed by atoms with van der Waals surface area (Å²) in [7, 11) is 0. The van der Waals surface area contributed by atoms with Gasteiger partial charge >= 0.3 is 5.97 Å². The van der Waals surface area contributed by atoms with E-state index in [1.807, 2.05) is 25.1 Å². The Hall–Kier alpha value is -2.30. The molecule has 0 spiro atoms. The number of pyridine rings is 1. The van der Waals surface area contributed by atoms with Crippen LogP contribution in [0.5, 0.6) is 0 Å². The van der Waals surface area contributed by atoms with Crippen molar-refractivity contribution in [1.29, 1.82) is 0 Å². The minimum Gasteiger partial charge on any atom is -0.476 e. The molecule has 1 aromatic rings. The molecule has 0 radical (unpaired) electrons. The third-order valence-corrected chi connectivity index (χ3v) is 3.97. The first-order valence-corrected chi connectivity index (χ1v) is 6.95. The number of hydrogen-bond acceptors (Lipinski definition) is 4. The Bertz CT molecular complexity index is 729. The topological polar surface area (TPSA) is 57.5 Å². The Morgan fingerprint density at radius 1 is 1.52 bits per heavy atom. The predicted octanol–water partition coefficient (Wildman–Crippen LogP) is 2.09. The van der Waals surface area contributed by atoms with Crippen LogP contribution in [0.3, 0.4) is 0 Å². The highest BCUT2D eigenvalue weighted by atomic mass is 16.6. The van der Waals surface area contributed by atoms with E-state index in [4.69, 9.17) is 9.47 Å². The molecule has 2 aliphatic rings. The van der Waals surface area contributed by atoms with E-state index in [0.29, 0.717) is 29.9 Å².